The van der Waals surface area contributed by atoms with Crippen LogP contribution in [0.3, 0.4) is 0 Å². The van der Waals surface area contributed by atoms with Gasteiger partial charge < -0.3 is 15.3 Å². The Bertz CT molecular complexity index is 317. The van der Waals surface area contributed by atoms with Crippen LogP contribution in [0.5, 0.6) is 5.75 Å². The highest BCUT2D eigenvalue weighted by molar-refractivity contribution is 5.29. The lowest BCUT2D eigenvalue weighted by molar-refractivity contribution is -0.148. The number of rotatable bonds is 6. The summed E-state index contributed by atoms with van der Waals surface area (Å²) in [7, 11) is 5.20. The van der Waals surface area contributed by atoms with Gasteiger partial charge >= 0.3 is 0 Å². The zero-order valence-corrected chi connectivity index (χ0v) is 11.0. The van der Waals surface area contributed by atoms with Crippen molar-refractivity contribution in [1.29, 1.82) is 0 Å². The molecule has 1 aromatic rings. The fourth-order valence-corrected chi connectivity index (χ4v) is 1.86. The summed E-state index contributed by atoms with van der Waals surface area (Å²) in [6.07, 6.45) is 0.893. The first-order chi connectivity index (χ1) is 8.13. The van der Waals surface area contributed by atoms with Gasteiger partial charge in [0.25, 0.3) is 0 Å². The van der Waals surface area contributed by atoms with E-state index in [1.807, 2.05) is 31.3 Å². The molecule has 0 aliphatic heterocycles. The van der Waals surface area contributed by atoms with Crippen molar-refractivity contribution in [3.63, 3.8) is 0 Å². The summed E-state index contributed by atoms with van der Waals surface area (Å²) < 4.78 is 5.15. The molecule has 0 bridgehead atoms. The largest absolute Gasteiger partial charge is 0.497 e. The number of nitrogens with zero attached hydrogens (tertiary/aromatic N) is 1. The number of hydroxylamine groups is 2. The number of hydrogen-bond acceptors (Lipinski definition) is 4. The summed E-state index contributed by atoms with van der Waals surface area (Å²) in [5, 5.41) is 1.79. The van der Waals surface area contributed by atoms with Crippen LogP contribution in [0, 0.1) is 0 Å². The normalized spacial score (nSPS) is 14.7. The Hall–Kier alpha value is -1.10. The van der Waals surface area contributed by atoms with E-state index in [-0.39, 0.29) is 12.1 Å². The minimum atomic E-state index is 0.0355. The Morgan fingerprint density at radius 3 is 2.24 bits per heavy atom. The fraction of sp³-hybridized carbons (Fsp3) is 0.538. The number of ether oxygens (including phenoxy) is 1. The number of methoxy groups -OCH3 is 1. The lowest BCUT2D eigenvalue weighted by Crippen LogP contribution is -2.38. The maximum atomic E-state index is 6.14. The molecule has 1 rings (SSSR count). The highest BCUT2D eigenvalue weighted by Gasteiger charge is 2.23. The average Bonchev–Trinajstić information content (AvgIpc) is 2.39. The highest BCUT2D eigenvalue weighted by Crippen LogP contribution is 2.25. The summed E-state index contributed by atoms with van der Waals surface area (Å²) >= 11 is 0. The molecule has 0 saturated heterocycles. The van der Waals surface area contributed by atoms with Gasteiger partial charge in [0.05, 0.1) is 20.3 Å². The summed E-state index contributed by atoms with van der Waals surface area (Å²) in [4.78, 5) is 5.27. The molecule has 4 heteroatoms. The Morgan fingerprint density at radius 1 is 1.24 bits per heavy atom. The zero-order chi connectivity index (χ0) is 12.8. The molecule has 17 heavy (non-hydrogen) atoms. The van der Waals surface area contributed by atoms with Crippen molar-refractivity contribution < 1.29 is 9.57 Å². The molecule has 2 N–H and O–H groups in total. The van der Waals surface area contributed by atoms with Crippen molar-refractivity contribution in [2.24, 2.45) is 5.73 Å². The number of likely N-dealkylation sites (N-methyl/N-ethyl adjacent to an activating group) is 1. The maximum Gasteiger partial charge on any atom is 0.118 e. The molecule has 0 heterocycles. The van der Waals surface area contributed by atoms with Crippen LogP contribution < -0.4 is 10.5 Å². The van der Waals surface area contributed by atoms with Gasteiger partial charge in [-0.1, -0.05) is 19.1 Å². The quantitative estimate of drug-likeness (QED) is 0.770. The number of benzene rings is 1. The van der Waals surface area contributed by atoms with Gasteiger partial charge in [-0.15, -0.1) is 0 Å². The lowest BCUT2D eigenvalue weighted by Gasteiger charge is -2.30. The molecular formula is C13H22N2O2. The van der Waals surface area contributed by atoms with Crippen molar-refractivity contribution in [1.82, 2.24) is 5.06 Å². The third-order valence-electron chi connectivity index (χ3n) is 3.01. The van der Waals surface area contributed by atoms with Gasteiger partial charge in [0.2, 0.25) is 0 Å². The Labute approximate surface area is 103 Å². The van der Waals surface area contributed by atoms with E-state index >= 15 is 0 Å². The minimum Gasteiger partial charge on any atom is -0.497 e. The second-order valence-corrected chi connectivity index (χ2v) is 4.02. The van der Waals surface area contributed by atoms with Crippen LogP contribution in [0.15, 0.2) is 24.3 Å². The van der Waals surface area contributed by atoms with Crippen LogP contribution in [0.1, 0.15) is 24.9 Å². The molecule has 1 aromatic carbocycles. The topological polar surface area (TPSA) is 47.7 Å². The first-order valence-electron chi connectivity index (χ1n) is 5.80. The summed E-state index contributed by atoms with van der Waals surface area (Å²) in [6.45, 7) is 2.07. The summed E-state index contributed by atoms with van der Waals surface area (Å²) in [5.41, 5.74) is 7.27. The molecule has 96 valence electrons. The van der Waals surface area contributed by atoms with Gasteiger partial charge in [0.1, 0.15) is 5.75 Å². The molecule has 0 amide bonds. The molecule has 0 aliphatic carbocycles. The SMILES string of the molecule is CCC(N)C(c1ccc(OC)cc1)N(C)OC. The van der Waals surface area contributed by atoms with Crippen LogP contribution in [0.2, 0.25) is 0 Å². The van der Waals surface area contributed by atoms with Gasteiger partial charge in [0.15, 0.2) is 0 Å². The third-order valence-corrected chi connectivity index (χ3v) is 3.01. The van der Waals surface area contributed by atoms with E-state index in [1.165, 1.54) is 0 Å². The molecule has 0 spiro atoms. The smallest absolute Gasteiger partial charge is 0.118 e. The highest BCUT2D eigenvalue weighted by atomic mass is 16.7. The van der Waals surface area contributed by atoms with E-state index in [2.05, 4.69) is 6.92 Å². The molecule has 2 atom stereocenters. The van der Waals surface area contributed by atoms with Crippen molar-refractivity contribution >= 4 is 0 Å². The molecule has 0 radical (unpaired) electrons. The van der Waals surface area contributed by atoms with Crippen molar-refractivity contribution in [3.05, 3.63) is 29.8 Å². The van der Waals surface area contributed by atoms with E-state index in [1.54, 1.807) is 19.3 Å². The number of nitrogens with two attached hydrogens (primary N) is 1. The predicted molar refractivity (Wildman–Crippen MR) is 68.8 cm³/mol. The minimum absolute atomic E-state index is 0.0355. The fourth-order valence-electron chi connectivity index (χ4n) is 1.86. The lowest BCUT2D eigenvalue weighted by atomic mass is 9.98. The molecule has 0 fully saturated rings. The van der Waals surface area contributed by atoms with Crippen molar-refractivity contribution in [3.8, 4) is 5.75 Å². The van der Waals surface area contributed by atoms with Gasteiger partial charge in [-0.25, -0.2) is 0 Å². The van der Waals surface area contributed by atoms with Crippen LogP contribution in [-0.2, 0) is 4.84 Å². The predicted octanol–water partition coefficient (Wildman–Crippen LogP) is 1.97. The van der Waals surface area contributed by atoms with E-state index in [0.717, 1.165) is 17.7 Å². The number of hydrogen-bond donors (Lipinski definition) is 1. The van der Waals surface area contributed by atoms with Gasteiger partial charge in [0, 0.05) is 13.1 Å². The van der Waals surface area contributed by atoms with Gasteiger partial charge in [-0.2, -0.15) is 5.06 Å². The van der Waals surface area contributed by atoms with Gasteiger partial charge in [-0.05, 0) is 24.1 Å². The van der Waals surface area contributed by atoms with Crippen LogP contribution in [0.4, 0.5) is 0 Å². The Morgan fingerprint density at radius 2 is 1.82 bits per heavy atom. The second kappa shape index (κ2) is 6.59. The van der Waals surface area contributed by atoms with E-state index in [9.17, 15) is 0 Å². The van der Waals surface area contributed by atoms with Crippen molar-refractivity contribution in [2.45, 2.75) is 25.4 Å². The van der Waals surface area contributed by atoms with Crippen LogP contribution in [0.25, 0.3) is 0 Å². The molecule has 2 unspecified atom stereocenters. The van der Waals surface area contributed by atoms with Crippen LogP contribution in [-0.4, -0.2) is 32.4 Å². The molecule has 0 saturated carbocycles. The van der Waals surface area contributed by atoms with Crippen LogP contribution >= 0.6 is 0 Å². The maximum absolute atomic E-state index is 6.14. The van der Waals surface area contributed by atoms with E-state index in [0.29, 0.717) is 0 Å². The Kier molecular flexibility index (Phi) is 5.41. The van der Waals surface area contributed by atoms with E-state index < -0.39 is 0 Å². The average molecular weight is 238 g/mol. The summed E-state index contributed by atoms with van der Waals surface area (Å²) in [5.74, 6) is 0.845. The van der Waals surface area contributed by atoms with E-state index in [4.69, 9.17) is 15.3 Å². The third kappa shape index (κ3) is 3.43. The first kappa shape index (κ1) is 14.0. The van der Waals surface area contributed by atoms with Crippen molar-refractivity contribution in [2.75, 3.05) is 21.3 Å². The zero-order valence-electron chi connectivity index (χ0n) is 11.0. The molecule has 0 aromatic heterocycles. The van der Waals surface area contributed by atoms with Gasteiger partial charge in [-0.3, -0.25) is 0 Å². The second-order valence-electron chi connectivity index (χ2n) is 4.02. The summed E-state index contributed by atoms with van der Waals surface area (Å²) in [6, 6.07) is 8.01. The molecular weight excluding hydrogens is 216 g/mol. The monoisotopic (exact) mass is 238 g/mol. The first-order valence-corrected chi connectivity index (χ1v) is 5.80. The molecule has 0 aliphatic rings. The Balaban J connectivity index is 2.95. The standard InChI is InChI=1S/C13H22N2O2/c1-5-12(14)13(15(2)17-4)10-6-8-11(16-3)9-7-10/h6-9,12-13H,5,14H2,1-4H3. The molecule has 4 nitrogen and oxygen atoms in total.